The molecule has 0 bridgehead atoms. The standard InChI is InChI=1S/C20H21Cl2NO5/c1-5-12-10(3)19(27)9(2)6-15(12)28-20-13(21)7-14(11(4)18(20)22)23-16(24)8-17(25)26/h6-7,27H,5,8H2,1-4H3,(H,23,24)(H,25,26). The van der Waals surface area contributed by atoms with Crippen LogP contribution in [0.15, 0.2) is 12.1 Å². The Hall–Kier alpha value is -2.44. The van der Waals surface area contributed by atoms with E-state index in [-0.39, 0.29) is 21.5 Å². The van der Waals surface area contributed by atoms with Gasteiger partial charge in [0.05, 0.1) is 10.0 Å². The van der Waals surface area contributed by atoms with Crippen molar-refractivity contribution < 1.29 is 24.5 Å². The van der Waals surface area contributed by atoms with Crippen LogP contribution in [0.5, 0.6) is 17.2 Å². The molecule has 0 radical (unpaired) electrons. The molecule has 2 aromatic rings. The molecule has 0 spiro atoms. The third-order valence-corrected chi connectivity index (χ3v) is 5.13. The van der Waals surface area contributed by atoms with Crippen LogP contribution in [-0.2, 0) is 16.0 Å². The van der Waals surface area contributed by atoms with Gasteiger partial charge in [-0.1, -0.05) is 30.1 Å². The van der Waals surface area contributed by atoms with Crippen molar-refractivity contribution in [1.29, 1.82) is 0 Å². The lowest BCUT2D eigenvalue weighted by Gasteiger charge is -2.19. The molecule has 0 unspecified atom stereocenters. The van der Waals surface area contributed by atoms with Crippen LogP contribution in [0.1, 0.15) is 35.6 Å². The number of carboxylic acids is 1. The number of halogens is 2. The largest absolute Gasteiger partial charge is 0.507 e. The molecule has 8 heteroatoms. The molecule has 0 atom stereocenters. The molecule has 0 saturated heterocycles. The number of phenols is 1. The van der Waals surface area contributed by atoms with Crippen molar-refractivity contribution in [2.75, 3.05) is 5.32 Å². The third kappa shape index (κ3) is 4.51. The number of anilines is 1. The Morgan fingerprint density at radius 3 is 2.36 bits per heavy atom. The molecule has 28 heavy (non-hydrogen) atoms. The first-order valence-electron chi connectivity index (χ1n) is 8.56. The topological polar surface area (TPSA) is 95.9 Å². The van der Waals surface area contributed by atoms with Gasteiger partial charge in [0, 0.05) is 11.3 Å². The average molecular weight is 426 g/mol. The number of aliphatic carboxylic acids is 1. The predicted octanol–water partition coefficient (Wildman–Crippen LogP) is 5.39. The summed E-state index contributed by atoms with van der Waals surface area (Å²) in [7, 11) is 0. The fraction of sp³-hybridized carbons (Fsp3) is 0.300. The van der Waals surface area contributed by atoms with Crippen LogP contribution in [0, 0.1) is 20.8 Å². The normalized spacial score (nSPS) is 10.6. The Morgan fingerprint density at radius 1 is 1.14 bits per heavy atom. The quantitative estimate of drug-likeness (QED) is 0.538. The first-order chi connectivity index (χ1) is 13.1. The second-order valence-corrected chi connectivity index (χ2v) is 7.18. The fourth-order valence-electron chi connectivity index (χ4n) is 2.87. The van der Waals surface area contributed by atoms with Gasteiger partial charge in [0.2, 0.25) is 5.91 Å². The minimum atomic E-state index is -1.24. The summed E-state index contributed by atoms with van der Waals surface area (Å²) in [5.41, 5.74) is 3.00. The Morgan fingerprint density at radius 2 is 1.79 bits per heavy atom. The van der Waals surface area contributed by atoms with E-state index in [0.717, 1.165) is 11.1 Å². The molecular weight excluding hydrogens is 405 g/mol. The van der Waals surface area contributed by atoms with Crippen LogP contribution in [-0.4, -0.2) is 22.1 Å². The lowest BCUT2D eigenvalue weighted by molar-refractivity contribution is -0.139. The number of phenolic OH excluding ortho intramolecular Hbond substituents is 1. The van der Waals surface area contributed by atoms with Crippen LogP contribution in [0.25, 0.3) is 0 Å². The van der Waals surface area contributed by atoms with E-state index in [4.69, 9.17) is 33.0 Å². The first kappa shape index (κ1) is 21.9. The number of aromatic hydroxyl groups is 1. The van der Waals surface area contributed by atoms with E-state index in [1.54, 1.807) is 19.9 Å². The fourth-order valence-corrected chi connectivity index (χ4v) is 3.40. The molecular formula is C20H21Cl2NO5. The van der Waals surface area contributed by atoms with Gasteiger partial charge in [-0.3, -0.25) is 9.59 Å². The van der Waals surface area contributed by atoms with Crippen molar-refractivity contribution in [2.45, 2.75) is 40.5 Å². The molecule has 3 N–H and O–H groups in total. The number of benzene rings is 2. The Balaban J connectivity index is 2.45. The van der Waals surface area contributed by atoms with E-state index in [9.17, 15) is 14.7 Å². The van der Waals surface area contributed by atoms with Crippen molar-refractivity contribution in [3.8, 4) is 17.2 Å². The van der Waals surface area contributed by atoms with Crippen LogP contribution in [0.4, 0.5) is 5.69 Å². The highest BCUT2D eigenvalue weighted by molar-refractivity contribution is 6.38. The molecule has 0 aromatic heterocycles. The zero-order valence-corrected chi connectivity index (χ0v) is 17.5. The molecule has 6 nitrogen and oxygen atoms in total. The molecule has 0 aliphatic rings. The maximum Gasteiger partial charge on any atom is 0.312 e. The molecule has 1 amide bonds. The van der Waals surface area contributed by atoms with Crippen molar-refractivity contribution in [3.63, 3.8) is 0 Å². The van der Waals surface area contributed by atoms with E-state index in [2.05, 4.69) is 5.32 Å². The van der Waals surface area contributed by atoms with E-state index >= 15 is 0 Å². The summed E-state index contributed by atoms with van der Waals surface area (Å²) in [5, 5.41) is 21.7. The van der Waals surface area contributed by atoms with Crippen LogP contribution in [0.3, 0.4) is 0 Å². The summed E-state index contributed by atoms with van der Waals surface area (Å²) in [4.78, 5) is 22.4. The SMILES string of the molecule is CCc1c(Oc2c(Cl)cc(NC(=O)CC(=O)O)c(C)c2Cl)cc(C)c(O)c1C. The number of rotatable bonds is 6. The van der Waals surface area contributed by atoms with Crippen molar-refractivity contribution >= 4 is 40.8 Å². The molecule has 150 valence electrons. The van der Waals surface area contributed by atoms with Gasteiger partial charge in [-0.2, -0.15) is 0 Å². The molecule has 2 rings (SSSR count). The lowest BCUT2D eigenvalue weighted by atomic mass is 10.0. The third-order valence-electron chi connectivity index (χ3n) is 4.40. The number of carboxylic acid groups (broad SMARTS) is 1. The van der Waals surface area contributed by atoms with Gasteiger partial charge in [0.25, 0.3) is 0 Å². The summed E-state index contributed by atoms with van der Waals surface area (Å²) < 4.78 is 6.00. The second-order valence-electron chi connectivity index (χ2n) is 6.39. The number of nitrogens with one attached hydrogen (secondary N) is 1. The first-order valence-corrected chi connectivity index (χ1v) is 9.32. The Bertz CT molecular complexity index is 957. The minimum Gasteiger partial charge on any atom is -0.507 e. The smallest absolute Gasteiger partial charge is 0.312 e. The van der Waals surface area contributed by atoms with Crippen molar-refractivity contribution in [3.05, 3.63) is 44.4 Å². The van der Waals surface area contributed by atoms with Crippen molar-refractivity contribution in [2.24, 2.45) is 0 Å². The number of aryl methyl sites for hydroxylation is 1. The highest BCUT2D eigenvalue weighted by Gasteiger charge is 2.20. The molecule has 0 fully saturated rings. The molecule has 0 aliphatic heterocycles. The molecule has 0 aliphatic carbocycles. The zero-order chi connectivity index (χ0) is 21.2. The lowest BCUT2D eigenvalue weighted by Crippen LogP contribution is -2.16. The summed E-state index contributed by atoms with van der Waals surface area (Å²) in [6, 6.07) is 3.18. The number of carbonyl (C=O) groups excluding carboxylic acids is 1. The van der Waals surface area contributed by atoms with E-state index in [1.165, 1.54) is 6.07 Å². The average Bonchev–Trinajstić information content (AvgIpc) is 2.60. The van der Waals surface area contributed by atoms with Gasteiger partial charge in [-0.15, -0.1) is 0 Å². The van der Waals surface area contributed by atoms with Gasteiger partial charge in [0.15, 0.2) is 5.75 Å². The zero-order valence-electron chi connectivity index (χ0n) is 15.9. The summed E-state index contributed by atoms with van der Waals surface area (Å²) in [6.45, 7) is 7.18. The summed E-state index contributed by atoms with van der Waals surface area (Å²) >= 11 is 12.7. The minimum absolute atomic E-state index is 0.159. The number of amides is 1. The van der Waals surface area contributed by atoms with Gasteiger partial charge in [-0.25, -0.2) is 0 Å². The maximum atomic E-state index is 11.7. The summed E-state index contributed by atoms with van der Waals surface area (Å²) in [5.74, 6) is -0.960. The second kappa shape index (κ2) is 8.71. The van der Waals surface area contributed by atoms with Gasteiger partial charge in [-0.05, 0) is 56.0 Å². The summed E-state index contributed by atoms with van der Waals surface area (Å²) in [6.07, 6.45) is -0.0363. The Kier molecular flexibility index (Phi) is 6.80. The predicted molar refractivity (Wildman–Crippen MR) is 109 cm³/mol. The number of hydrogen-bond donors (Lipinski definition) is 3. The molecule has 0 heterocycles. The Labute approximate surface area is 173 Å². The highest BCUT2D eigenvalue weighted by Crippen LogP contribution is 2.44. The monoisotopic (exact) mass is 425 g/mol. The van der Waals surface area contributed by atoms with E-state index in [1.807, 2.05) is 13.8 Å². The molecule has 0 saturated carbocycles. The van der Waals surface area contributed by atoms with Crippen LogP contribution in [0.2, 0.25) is 10.0 Å². The number of ether oxygens (including phenoxy) is 1. The van der Waals surface area contributed by atoms with Gasteiger partial charge < -0.3 is 20.3 Å². The molecule has 2 aromatic carbocycles. The van der Waals surface area contributed by atoms with Gasteiger partial charge in [0.1, 0.15) is 17.9 Å². The number of hydrogen-bond acceptors (Lipinski definition) is 4. The van der Waals surface area contributed by atoms with E-state index in [0.29, 0.717) is 29.0 Å². The van der Waals surface area contributed by atoms with Crippen LogP contribution < -0.4 is 10.1 Å². The maximum absolute atomic E-state index is 11.7. The number of carbonyl (C=O) groups is 2. The van der Waals surface area contributed by atoms with Crippen LogP contribution >= 0.6 is 23.2 Å². The highest BCUT2D eigenvalue weighted by atomic mass is 35.5. The van der Waals surface area contributed by atoms with E-state index < -0.39 is 18.3 Å². The van der Waals surface area contributed by atoms with Gasteiger partial charge >= 0.3 is 5.97 Å². The van der Waals surface area contributed by atoms with Crippen molar-refractivity contribution in [1.82, 2.24) is 0 Å².